The summed E-state index contributed by atoms with van der Waals surface area (Å²) in [6.07, 6.45) is 9.41. The van der Waals surface area contributed by atoms with Gasteiger partial charge in [0, 0.05) is 6.54 Å². The third-order valence-corrected chi connectivity index (χ3v) is 6.96. The van der Waals surface area contributed by atoms with Gasteiger partial charge in [-0.25, -0.2) is 4.79 Å². The zero-order chi connectivity index (χ0) is 15.1. The van der Waals surface area contributed by atoms with E-state index < -0.39 is 0 Å². The van der Waals surface area contributed by atoms with Crippen LogP contribution in [0.3, 0.4) is 0 Å². The Hall–Kier alpha value is -0.770. The molecular weight excluding hydrogens is 276 g/mol. The van der Waals surface area contributed by atoms with E-state index >= 15 is 0 Å². The Morgan fingerprint density at radius 1 is 1.18 bits per heavy atom. The van der Waals surface area contributed by atoms with Crippen molar-refractivity contribution in [3.63, 3.8) is 0 Å². The molecule has 4 nitrogen and oxygen atoms in total. The summed E-state index contributed by atoms with van der Waals surface area (Å²) in [4.78, 5) is 12.2. The van der Waals surface area contributed by atoms with Gasteiger partial charge in [-0.05, 0) is 48.9 Å². The molecule has 4 rings (SSSR count). The van der Waals surface area contributed by atoms with E-state index in [0.717, 1.165) is 43.2 Å². The van der Waals surface area contributed by atoms with Crippen molar-refractivity contribution in [2.45, 2.75) is 64.0 Å². The first-order chi connectivity index (χ1) is 10.7. The lowest BCUT2D eigenvalue weighted by Crippen LogP contribution is -2.50. The number of rotatable bonds is 4. The second-order valence-electron chi connectivity index (χ2n) is 8.19. The van der Waals surface area contributed by atoms with Gasteiger partial charge in [-0.2, -0.15) is 0 Å². The van der Waals surface area contributed by atoms with Crippen molar-refractivity contribution in [2.75, 3.05) is 13.2 Å². The smallest absolute Gasteiger partial charge is 0.315 e. The van der Waals surface area contributed by atoms with E-state index in [1.807, 2.05) is 0 Å². The van der Waals surface area contributed by atoms with Crippen molar-refractivity contribution in [1.29, 1.82) is 0 Å². The number of amides is 2. The van der Waals surface area contributed by atoms with E-state index in [4.69, 9.17) is 4.74 Å². The van der Waals surface area contributed by atoms with Crippen molar-refractivity contribution in [3.05, 3.63) is 0 Å². The summed E-state index contributed by atoms with van der Waals surface area (Å²) >= 11 is 0. The zero-order valence-electron chi connectivity index (χ0n) is 13.7. The lowest BCUT2D eigenvalue weighted by Gasteiger charge is -2.29. The molecule has 22 heavy (non-hydrogen) atoms. The first kappa shape index (κ1) is 14.8. The number of fused-ring (bicyclic) bond motifs is 1. The Labute approximate surface area is 133 Å². The molecule has 124 valence electrons. The van der Waals surface area contributed by atoms with Gasteiger partial charge in [-0.1, -0.05) is 32.6 Å². The topological polar surface area (TPSA) is 50.4 Å². The van der Waals surface area contributed by atoms with E-state index in [0.29, 0.717) is 12.0 Å². The van der Waals surface area contributed by atoms with Crippen LogP contribution >= 0.6 is 0 Å². The quantitative estimate of drug-likeness (QED) is 0.839. The average Bonchev–Trinajstić information content (AvgIpc) is 3.12. The van der Waals surface area contributed by atoms with Gasteiger partial charge in [-0.15, -0.1) is 0 Å². The van der Waals surface area contributed by atoms with Gasteiger partial charge >= 0.3 is 6.03 Å². The molecule has 0 aromatic heterocycles. The number of carbonyl (C=O) groups excluding carboxylic acids is 1. The largest absolute Gasteiger partial charge is 0.375 e. The van der Waals surface area contributed by atoms with E-state index in [1.54, 1.807) is 0 Å². The molecule has 1 saturated heterocycles. The molecule has 0 radical (unpaired) electrons. The van der Waals surface area contributed by atoms with Crippen molar-refractivity contribution in [1.82, 2.24) is 10.6 Å². The summed E-state index contributed by atoms with van der Waals surface area (Å²) in [5, 5.41) is 6.30. The van der Waals surface area contributed by atoms with Gasteiger partial charge in [0.2, 0.25) is 0 Å². The summed E-state index contributed by atoms with van der Waals surface area (Å²) < 4.78 is 5.92. The summed E-state index contributed by atoms with van der Waals surface area (Å²) in [6, 6.07) is 0.283. The minimum absolute atomic E-state index is 0.0214. The summed E-state index contributed by atoms with van der Waals surface area (Å²) in [7, 11) is 0. The maximum Gasteiger partial charge on any atom is 0.315 e. The standard InChI is InChI=1S/C18H30N2O2/c1-11-4-2-3-5-12(11)6-7-19-18(21)20-16-13-8-14-10-22-17(16)15(14)9-13/h11-17H,2-10H2,1H3,(H2,19,20,21). The van der Waals surface area contributed by atoms with Crippen LogP contribution < -0.4 is 10.6 Å². The molecule has 4 aliphatic rings. The predicted molar refractivity (Wildman–Crippen MR) is 85.5 cm³/mol. The second kappa shape index (κ2) is 6.03. The number of nitrogens with one attached hydrogen (secondary N) is 2. The number of carbonyl (C=O) groups is 1. The number of urea groups is 1. The van der Waals surface area contributed by atoms with E-state index in [-0.39, 0.29) is 12.1 Å². The molecule has 7 unspecified atom stereocenters. The highest BCUT2D eigenvalue weighted by Gasteiger charge is 2.57. The van der Waals surface area contributed by atoms with Gasteiger partial charge in [0.05, 0.1) is 18.8 Å². The van der Waals surface area contributed by atoms with Crippen LogP contribution in [0, 0.1) is 29.6 Å². The fourth-order valence-electron chi connectivity index (χ4n) is 5.68. The molecule has 0 aromatic rings. The van der Waals surface area contributed by atoms with Crippen LogP contribution in [0.4, 0.5) is 4.79 Å². The Morgan fingerprint density at radius 2 is 2.05 bits per heavy atom. The van der Waals surface area contributed by atoms with Crippen LogP contribution in [0.25, 0.3) is 0 Å². The molecule has 3 aliphatic carbocycles. The highest BCUT2D eigenvalue weighted by Crippen LogP contribution is 2.53. The average molecular weight is 306 g/mol. The molecular formula is C18H30N2O2. The molecule has 0 aromatic carbocycles. The van der Waals surface area contributed by atoms with Crippen molar-refractivity contribution >= 4 is 6.03 Å². The SMILES string of the molecule is CC1CCCCC1CCNC(=O)NC1C2CC3COC1C3C2. The van der Waals surface area contributed by atoms with Crippen molar-refractivity contribution < 1.29 is 9.53 Å². The zero-order valence-corrected chi connectivity index (χ0v) is 13.7. The maximum atomic E-state index is 12.2. The van der Waals surface area contributed by atoms with Gasteiger partial charge in [0.1, 0.15) is 0 Å². The van der Waals surface area contributed by atoms with E-state index in [9.17, 15) is 4.79 Å². The summed E-state index contributed by atoms with van der Waals surface area (Å²) in [5.41, 5.74) is 0. The molecule has 2 bridgehead atoms. The molecule has 1 aliphatic heterocycles. The van der Waals surface area contributed by atoms with E-state index in [1.165, 1.54) is 38.5 Å². The first-order valence-corrected chi connectivity index (χ1v) is 9.38. The van der Waals surface area contributed by atoms with Crippen LogP contribution in [-0.2, 0) is 4.74 Å². The van der Waals surface area contributed by atoms with Gasteiger partial charge < -0.3 is 15.4 Å². The maximum absolute atomic E-state index is 12.2. The fourth-order valence-corrected chi connectivity index (χ4v) is 5.68. The Balaban J connectivity index is 1.21. The van der Waals surface area contributed by atoms with Crippen LogP contribution in [-0.4, -0.2) is 31.3 Å². The second-order valence-corrected chi connectivity index (χ2v) is 8.19. The number of ether oxygens (including phenoxy) is 1. The van der Waals surface area contributed by atoms with Crippen LogP contribution in [0.15, 0.2) is 0 Å². The summed E-state index contributed by atoms with van der Waals surface area (Å²) in [5.74, 6) is 3.79. The van der Waals surface area contributed by atoms with Crippen LogP contribution in [0.1, 0.15) is 51.9 Å². The Kier molecular flexibility index (Phi) is 4.05. The first-order valence-electron chi connectivity index (χ1n) is 9.38. The Morgan fingerprint density at radius 3 is 2.91 bits per heavy atom. The van der Waals surface area contributed by atoms with Gasteiger partial charge in [0.15, 0.2) is 0 Å². The van der Waals surface area contributed by atoms with E-state index in [2.05, 4.69) is 17.6 Å². The lowest BCUT2D eigenvalue weighted by molar-refractivity contribution is 0.0787. The predicted octanol–water partition coefficient (Wildman–Crippen LogP) is 2.93. The third kappa shape index (κ3) is 2.64. The lowest BCUT2D eigenvalue weighted by atomic mass is 9.79. The molecule has 4 heteroatoms. The molecule has 0 spiro atoms. The van der Waals surface area contributed by atoms with Gasteiger partial charge in [0.25, 0.3) is 0 Å². The molecule has 1 heterocycles. The monoisotopic (exact) mass is 306 g/mol. The number of hydrogen-bond acceptors (Lipinski definition) is 2. The van der Waals surface area contributed by atoms with Crippen LogP contribution in [0.2, 0.25) is 0 Å². The molecule has 7 atom stereocenters. The molecule has 2 N–H and O–H groups in total. The van der Waals surface area contributed by atoms with Crippen molar-refractivity contribution in [3.8, 4) is 0 Å². The third-order valence-electron chi connectivity index (χ3n) is 6.96. The molecule has 4 fully saturated rings. The Bertz CT molecular complexity index is 425. The normalized spacial score (nSPS) is 46.0. The van der Waals surface area contributed by atoms with Gasteiger partial charge in [-0.3, -0.25) is 0 Å². The highest BCUT2D eigenvalue weighted by atomic mass is 16.5. The minimum atomic E-state index is 0.0214. The summed E-state index contributed by atoms with van der Waals surface area (Å²) in [6.45, 7) is 4.11. The molecule has 3 saturated carbocycles. The van der Waals surface area contributed by atoms with Crippen molar-refractivity contribution in [2.24, 2.45) is 29.6 Å². The minimum Gasteiger partial charge on any atom is -0.375 e. The van der Waals surface area contributed by atoms with Crippen LogP contribution in [0.5, 0.6) is 0 Å². The number of hydrogen-bond donors (Lipinski definition) is 2. The highest BCUT2D eigenvalue weighted by molar-refractivity contribution is 5.74. The fraction of sp³-hybridized carbons (Fsp3) is 0.944. The molecule has 2 amide bonds.